The highest BCUT2D eigenvalue weighted by atomic mass is 32.1. The molecule has 1 atom stereocenters. The topological polar surface area (TPSA) is 79.1 Å². The number of hydrogen-bond donors (Lipinski definition) is 0. The van der Waals surface area contributed by atoms with Crippen molar-refractivity contribution >= 4 is 23.4 Å². The smallest absolute Gasteiger partial charge is 0.338 e. The quantitative estimate of drug-likeness (QED) is 0.315. The van der Waals surface area contributed by atoms with Gasteiger partial charge in [-0.2, -0.15) is 0 Å². The fourth-order valence-electron chi connectivity index (χ4n) is 4.24. The number of carbonyl (C=O) groups is 1. The van der Waals surface area contributed by atoms with E-state index in [1.165, 1.54) is 16.9 Å². The maximum Gasteiger partial charge on any atom is 0.338 e. The first-order chi connectivity index (χ1) is 17.8. The molecular weight excluding hydrogens is 488 g/mol. The van der Waals surface area contributed by atoms with Crippen LogP contribution in [-0.4, -0.2) is 37.5 Å². The highest BCUT2D eigenvalue weighted by Crippen LogP contribution is 2.31. The van der Waals surface area contributed by atoms with E-state index in [4.69, 9.17) is 14.2 Å². The van der Waals surface area contributed by atoms with E-state index in [2.05, 4.69) is 18.8 Å². The van der Waals surface area contributed by atoms with Crippen molar-refractivity contribution in [3.05, 3.63) is 96.2 Å². The maximum absolute atomic E-state index is 13.7. The first kappa shape index (κ1) is 26.6. The third-order valence-electron chi connectivity index (χ3n) is 6.17. The molecule has 0 N–H and O–H groups in total. The van der Waals surface area contributed by atoms with Gasteiger partial charge in [0.2, 0.25) is 0 Å². The van der Waals surface area contributed by atoms with E-state index in [1.54, 1.807) is 18.6 Å². The van der Waals surface area contributed by atoms with Crippen LogP contribution in [0.2, 0.25) is 0 Å². The molecule has 194 valence electrons. The van der Waals surface area contributed by atoms with Crippen LogP contribution in [0.3, 0.4) is 0 Å². The lowest BCUT2D eigenvalue weighted by Crippen LogP contribution is -2.40. The van der Waals surface area contributed by atoms with Crippen LogP contribution < -0.4 is 19.6 Å². The van der Waals surface area contributed by atoms with E-state index in [9.17, 15) is 9.59 Å². The summed E-state index contributed by atoms with van der Waals surface area (Å²) < 4.78 is 18.2. The standard InChI is InChI=1S/C29H32N2O5S/c1-6-35-23-13-7-20(8-14-23)17-24-27(32)31-26(22-11-9-21(10-12-22)18(2)3)25(19(4)30-29(31)37-24)28(33)36-16-15-34-5/h7-14,17-18,26H,6,15-16H2,1-5H3. The zero-order chi connectivity index (χ0) is 26.5. The Hall–Kier alpha value is -3.49. The first-order valence-corrected chi connectivity index (χ1v) is 13.2. The van der Waals surface area contributed by atoms with Gasteiger partial charge in [0.15, 0.2) is 4.80 Å². The fourth-order valence-corrected chi connectivity index (χ4v) is 5.28. The first-order valence-electron chi connectivity index (χ1n) is 12.3. The SMILES string of the molecule is CCOc1ccc(C=c2sc3n(c2=O)C(c2ccc(C(C)C)cc2)C(C(=O)OCCOC)=C(C)N=3)cc1. The van der Waals surface area contributed by atoms with Crippen molar-refractivity contribution in [2.24, 2.45) is 4.99 Å². The molecular formula is C29H32N2O5S. The molecule has 1 aliphatic heterocycles. The Kier molecular flexibility index (Phi) is 8.41. The molecule has 0 bridgehead atoms. The highest BCUT2D eigenvalue weighted by Gasteiger charge is 2.33. The summed E-state index contributed by atoms with van der Waals surface area (Å²) in [6, 6.07) is 15.0. The normalized spacial score (nSPS) is 15.5. The Bertz CT molecular complexity index is 1460. The van der Waals surface area contributed by atoms with E-state index < -0.39 is 12.0 Å². The summed E-state index contributed by atoms with van der Waals surface area (Å²) in [6.07, 6.45) is 1.84. The summed E-state index contributed by atoms with van der Waals surface area (Å²) in [5, 5.41) is 0. The molecule has 2 aromatic carbocycles. The number of thiazole rings is 1. The van der Waals surface area contributed by atoms with Crippen molar-refractivity contribution in [1.29, 1.82) is 0 Å². The molecule has 0 saturated carbocycles. The van der Waals surface area contributed by atoms with Gasteiger partial charge in [-0.05, 0) is 54.7 Å². The van der Waals surface area contributed by atoms with Gasteiger partial charge in [0, 0.05) is 7.11 Å². The number of ether oxygens (including phenoxy) is 3. The number of benzene rings is 2. The third-order valence-corrected chi connectivity index (χ3v) is 7.15. The van der Waals surface area contributed by atoms with Crippen molar-refractivity contribution in [1.82, 2.24) is 4.57 Å². The van der Waals surface area contributed by atoms with Gasteiger partial charge in [0.25, 0.3) is 5.56 Å². The lowest BCUT2D eigenvalue weighted by atomic mass is 9.93. The van der Waals surface area contributed by atoms with E-state index in [1.807, 2.05) is 61.5 Å². The van der Waals surface area contributed by atoms with Crippen molar-refractivity contribution < 1.29 is 19.0 Å². The number of esters is 1. The summed E-state index contributed by atoms with van der Waals surface area (Å²) >= 11 is 1.31. The molecule has 1 aromatic heterocycles. The third kappa shape index (κ3) is 5.76. The lowest BCUT2D eigenvalue weighted by Gasteiger charge is -2.25. The Morgan fingerprint density at radius 1 is 1.11 bits per heavy atom. The molecule has 0 spiro atoms. The predicted molar refractivity (Wildman–Crippen MR) is 145 cm³/mol. The second kappa shape index (κ2) is 11.7. The van der Waals surface area contributed by atoms with Gasteiger partial charge in [-0.15, -0.1) is 0 Å². The largest absolute Gasteiger partial charge is 0.494 e. The summed E-state index contributed by atoms with van der Waals surface area (Å²) in [5.74, 6) is 0.635. The van der Waals surface area contributed by atoms with Crippen LogP contribution >= 0.6 is 11.3 Å². The number of methoxy groups -OCH3 is 1. The minimum Gasteiger partial charge on any atom is -0.494 e. The van der Waals surface area contributed by atoms with Gasteiger partial charge in [0.05, 0.1) is 35.1 Å². The predicted octanol–water partition coefficient (Wildman–Crippen LogP) is 3.95. The summed E-state index contributed by atoms with van der Waals surface area (Å²) in [4.78, 5) is 32.2. The van der Waals surface area contributed by atoms with Crippen molar-refractivity contribution in [2.75, 3.05) is 26.9 Å². The molecule has 0 aliphatic carbocycles. The van der Waals surface area contributed by atoms with E-state index in [-0.39, 0.29) is 18.8 Å². The molecule has 37 heavy (non-hydrogen) atoms. The molecule has 3 aromatic rings. The van der Waals surface area contributed by atoms with Crippen LogP contribution in [0.1, 0.15) is 56.3 Å². The van der Waals surface area contributed by atoms with Gasteiger partial charge in [-0.1, -0.05) is 61.6 Å². The minimum absolute atomic E-state index is 0.118. The molecule has 0 amide bonds. The zero-order valence-corrected chi connectivity index (χ0v) is 22.6. The van der Waals surface area contributed by atoms with Gasteiger partial charge in [0.1, 0.15) is 12.4 Å². The molecule has 8 heteroatoms. The molecule has 0 fully saturated rings. The monoisotopic (exact) mass is 520 g/mol. The molecule has 4 rings (SSSR count). The van der Waals surface area contributed by atoms with E-state index >= 15 is 0 Å². The summed E-state index contributed by atoms with van der Waals surface area (Å²) in [5.41, 5.74) is 3.57. The van der Waals surface area contributed by atoms with Crippen LogP contribution in [-0.2, 0) is 14.3 Å². The second-order valence-corrected chi connectivity index (χ2v) is 10.0. The molecule has 1 unspecified atom stereocenters. The number of aromatic nitrogens is 1. The number of rotatable bonds is 9. The molecule has 0 radical (unpaired) electrons. The van der Waals surface area contributed by atoms with Crippen LogP contribution in [0.25, 0.3) is 6.08 Å². The van der Waals surface area contributed by atoms with Gasteiger partial charge in [-0.25, -0.2) is 9.79 Å². The van der Waals surface area contributed by atoms with Crippen LogP contribution in [0.5, 0.6) is 5.75 Å². The Morgan fingerprint density at radius 2 is 1.81 bits per heavy atom. The summed E-state index contributed by atoms with van der Waals surface area (Å²) in [7, 11) is 1.55. The van der Waals surface area contributed by atoms with Crippen molar-refractivity contribution in [3.63, 3.8) is 0 Å². The number of fused-ring (bicyclic) bond motifs is 1. The lowest BCUT2D eigenvalue weighted by molar-refractivity contribution is -0.140. The minimum atomic E-state index is -0.644. The average Bonchev–Trinajstić information content (AvgIpc) is 3.18. The van der Waals surface area contributed by atoms with Gasteiger partial charge in [-0.3, -0.25) is 9.36 Å². The van der Waals surface area contributed by atoms with Crippen molar-refractivity contribution in [2.45, 2.75) is 39.7 Å². The molecule has 2 heterocycles. The number of carbonyl (C=O) groups excluding carboxylic acids is 1. The van der Waals surface area contributed by atoms with Gasteiger partial charge >= 0.3 is 5.97 Å². The molecule has 7 nitrogen and oxygen atoms in total. The van der Waals surface area contributed by atoms with Gasteiger partial charge < -0.3 is 14.2 Å². The fraction of sp³-hybridized carbons (Fsp3) is 0.345. The number of allylic oxidation sites excluding steroid dienone is 1. The van der Waals surface area contributed by atoms with Crippen LogP contribution in [0.4, 0.5) is 0 Å². The highest BCUT2D eigenvalue weighted by molar-refractivity contribution is 7.07. The van der Waals surface area contributed by atoms with E-state index in [0.717, 1.165) is 16.9 Å². The number of nitrogens with zero attached hydrogens (tertiary/aromatic N) is 2. The Morgan fingerprint density at radius 3 is 2.43 bits per heavy atom. The second-order valence-electron chi connectivity index (χ2n) is 9.03. The molecule has 0 saturated heterocycles. The Labute approximate surface area is 220 Å². The summed E-state index contributed by atoms with van der Waals surface area (Å²) in [6.45, 7) is 8.97. The van der Waals surface area contributed by atoms with Crippen molar-refractivity contribution in [3.8, 4) is 5.75 Å². The molecule has 1 aliphatic rings. The average molecular weight is 521 g/mol. The zero-order valence-electron chi connectivity index (χ0n) is 21.8. The van der Waals surface area contributed by atoms with Crippen LogP contribution in [0, 0.1) is 0 Å². The maximum atomic E-state index is 13.7. The Balaban J connectivity index is 1.83. The van der Waals surface area contributed by atoms with Crippen LogP contribution in [0.15, 0.2) is 69.6 Å². The van der Waals surface area contributed by atoms with E-state index in [0.29, 0.717) is 33.1 Å². The number of hydrogen-bond acceptors (Lipinski definition) is 7.